The Balaban J connectivity index is 1.81. The first-order valence-corrected chi connectivity index (χ1v) is 10.6. The van der Waals surface area contributed by atoms with Gasteiger partial charge in [-0.1, -0.05) is 17.7 Å². The average molecular weight is 458 g/mol. The van der Waals surface area contributed by atoms with Gasteiger partial charge in [-0.05, 0) is 61.9 Å². The van der Waals surface area contributed by atoms with Crippen molar-refractivity contribution in [2.45, 2.75) is 38.8 Å². The third-order valence-corrected chi connectivity index (χ3v) is 6.15. The predicted octanol–water partition coefficient (Wildman–Crippen LogP) is 6.13. The van der Waals surface area contributed by atoms with E-state index in [-0.39, 0.29) is 12.2 Å². The van der Waals surface area contributed by atoms with Crippen molar-refractivity contribution >= 4 is 45.9 Å². The number of thiophene rings is 1. The first-order valence-electron chi connectivity index (χ1n) is 9.38. The van der Waals surface area contributed by atoms with Crippen molar-refractivity contribution < 1.29 is 27.5 Å². The Morgan fingerprint density at radius 1 is 1.27 bits per heavy atom. The van der Waals surface area contributed by atoms with E-state index in [1.165, 1.54) is 23.5 Å². The first kappa shape index (κ1) is 22.4. The van der Waals surface area contributed by atoms with Crippen LogP contribution in [0.3, 0.4) is 0 Å². The number of anilines is 1. The first-order chi connectivity index (χ1) is 14.2. The molecule has 0 saturated heterocycles. The van der Waals surface area contributed by atoms with Crippen molar-refractivity contribution in [1.29, 1.82) is 0 Å². The van der Waals surface area contributed by atoms with Gasteiger partial charge in [-0.2, -0.15) is 13.2 Å². The standard InChI is InChI=1S/C21H19ClF3NO3S/c1-2-29-20(28)18-13-5-3-4-6-16(13)30-19(18)26-17(27)10-8-12-7-9-15(22)14(11-12)21(23,24)25/h7-11H,2-6H2,1H3,(H,26,27)/b10-8+. The van der Waals surface area contributed by atoms with Crippen LogP contribution >= 0.6 is 22.9 Å². The van der Waals surface area contributed by atoms with Gasteiger partial charge in [0.1, 0.15) is 5.00 Å². The number of benzene rings is 1. The van der Waals surface area contributed by atoms with E-state index in [2.05, 4.69) is 5.32 Å². The summed E-state index contributed by atoms with van der Waals surface area (Å²) in [5, 5.41) is 2.67. The fourth-order valence-corrected chi connectivity index (χ4v) is 4.77. The molecule has 1 aliphatic rings. The molecule has 9 heteroatoms. The van der Waals surface area contributed by atoms with Crippen LogP contribution in [0.1, 0.15) is 51.7 Å². The minimum Gasteiger partial charge on any atom is -0.462 e. The van der Waals surface area contributed by atoms with Crippen LogP contribution in [0.5, 0.6) is 0 Å². The quantitative estimate of drug-likeness (QED) is 0.434. The lowest BCUT2D eigenvalue weighted by Crippen LogP contribution is -2.14. The molecule has 0 aliphatic heterocycles. The van der Waals surface area contributed by atoms with Gasteiger partial charge >= 0.3 is 12.1 Å². The molecule has 0 atom stereocenters. The molecule has 30 heavy (non-hydrogen) atoms. The number of ether oxygens (including phenoxy) is 1. The minimum absolute atomic E-state index is 0.179. The summed E-state index contributed by atoms with van der Waals surface area (Å²) in [6.07, 6.45) is 1.35. The Labute approximate surface area is 180 Å². The van der Waals surface area contributed by atoms with Crippen molar-refractivity contribution in [3.8, 4) is 0 Å². The van der Waals surface area contributed by atoms with E-state index in [0.29, 0.717) is 10.6 Å². The lowest BCUT2D eigenvalue weighted by molar-refractivity contribution is -0.137. The molecule has 0 fully saturated rings. The highest BCUT2D eigenvalue weighted by molar-refractivity contribution is 7.17. The number of halogens is 4. The second kappa shape index (κ2) is 9.22. The molecule has 3 rings (SSSR count). The van der Waals surface area contributed by atoms with Crippen LogP contribution in [0.25, 0.3) is 6.08 Å². The number of rotatable bonds is 5. The normalized spacial score (nSPS) is 13.9. The third kappa shape index (κ3) is 5.05. The number of fused-ring (bicyclic) bond motifs is 1. The number of nitrogens with one attached hydrogen (secondary N) is 1. The van der Waals surface area contributed by atoms with Crippen LogP contribution < -0.4 is 5.32 Å². The van der Waals surface area contributed by atoms with Gasteiger partial charge in [0.05, 0.1) is 22.8 Å². The lowest BCUT2D eigenvalue weighted by Gasteiger charge is -2.12. The second-order valence-electron chi connectivity index (χ2n) is 6.70. The van der Waals surface area contributed by atoms with Gasteiger partial charge in [0.2, 0.25) is 5.91 Å². The maximum atomic E-state index is 13.0. The molecule has 0 radical (unpaired) electrons. The smallest absolute Gasteiger partial charge is 0.417 e. The van der Waals surface area contributed by atoms with Gasteiger partial charge in [0, 0.05) is 11.0 Å². The summed E-state index contributed by atoms with van der Waals surface area (Å²) in [5.41, 5.74) is 0.501. The van der Waals surface area contributed by atoms with Crippen molar-refractivity contribution in [3.63, 3.8) is 0 Å². The molecule has 4 nitrogen and oxygen atoms in total. The number of hydrogen-bond acceptors (Lipinski definition) is 4. The molecule has 2 aromatic rings. The zero-order valence-corrected chi connectivity index (χ0v) is 17.6. The summed E-state index contributed by atoms with van der Waals surface area (Å²) in [7, 11) is 0. The summed E-state index contributed by atoms with van der Waals surface area (Å²) in [4.78, 5) is 25.9. The van der Waals surface area contributed by atoms with Gasteiger partial charge in [0.25, 0.3) is 0 Å². The molecule has 1 amide bonds. The molecule has 1 heterocycles. The zero-order chi connectivity index (χ0) is 21.9. The van der Waals surface area contributed by atoms with Crippen LogP contribution in [0, 0.1) is 0 Å². The molecule has 0 bridgehead atoms. The van der Waals surface area contributed by atoms with Gasteiger partial charge in [0.15, 0.2) is 0 Å². The molecule has 160 valence electrons. The number of aryl methyl sites for hydroxylation is 1. The summed E-state index contributed by atoms with van der Waals surface area (Å²) in [6.45, 7) is 1.92. The van der Waals surface area contributed by atoms with Gasteiger partial charge in [-0.25, -0.2) is 4.79 Å². The molecule has 1 aliphatic carbocycles. The van der Waals surface area contributed by atoms with E-state index in [0.717, 1.165) is 54.3 Å². The van der Waals surface area contributed by atoms with Crippen LogP contribution in [-0.4, -0.2) is 18.5 Å². The van der Waals surface area contributed by atoms with E-state index in [9.17, 15) is 22.8 Å². The lowest BCUT2D eigenvalue weighted by atomic mass is 9.95. The molecule has 1 N–H and O–H groups in total. The highest BCUT2D eigenvalue weighted by atomic mass is 35.5. The molecule has 0 saturated carbocycles. The van der Waals surface area contributed by atoms with Gasteiger partial charge < -0.3 is 10.1 Å². The number of hydrogen-bond donors (Lipinski definition) is 1. The van der Waals surface area contributed by atoms with Crippen LogP contribution in [0.4, 0.5) is 18.2 Å². The fourth-order valence-electron chi connectivity index (χ4n) is 3.26. The average Bonchev–Trinajstić information content (AvgIpc) is 3.04. The summed E-state index contributed by atoms with van der Waals surface area (Å²) in [5.74, 6) is -1.04. The highest BCUT2D eigenvalue weighted by Gasteiger charge is 2.33. The van der Waals surface area contributed by atoms with Crippen molar-refractivity contribution in [2.24, 2.45) is 0 Å². The zero-order valence-electron chi connectivity index (χ0n) is 16.1. The molecular weight excluding hydrogens is 439 g/mol. The van der Waals surface area contributed by atoms with Crippen LogP contribution in [-0.2, 0) is 28.5 Å². The SMILES string of the molecule is CCOC(=O)c1c(NC(=O)/C=C/c2ccc(Cl)c(C(F)(F)F)c2)sc2c1CCCC2. The Morgan fingerprint density at radius 2 is 2.00 bits per heavy atom. The third-order valence-electron chi connectivity index (χ3n) is 4.61. The number of alkyl halides is 3. The van der Waals surface area contributed by atoms with Gasteiger partial charge in [-0.3, -0.25) is 4.79 Å². The largest absolute Gasteiger partial charge is 0.462 e. The maximum Gasteiger partial charge on any atom is 0.417 e. The van der Waals surface area contributed by atoms with E-state index in [1.807, 2.05) is 0 Å². The maximum absolute atomic E-state index is 13.0. The van der Waals surface area contributed by atoms with Gasteiger partial charge in [-0.15, -0.1) is 11.3 Å². The minimum atomic E-state index is -4.59. The predicted molar refractivity (Wildman–Crippen MR) is 111 cm³/mol. The molecule has 0 unspecified atom stereocenters. The van der Waals surface area contributed by atoms with Crippen LogP contribution in [0.2, 0.25) is 5.02 Å². The van der Waals surface area contributed by atoms with Crippen molar-refractivity contribution in [2.75, 3.05) is 11.9 Å². The highest BCUT2D eigenvalue weighted by Crippen LogP contribution is 2.39. The van der Waals surface area contributed by atoms with Crippen LogP contribution in [0.15, 0.2) is 24.3 Å². The Bertz CT molecular complexity index is 998. The molecule has 1 aromatic carbocycles. The Morgan fingerprint density at radius 3 is 2.70 bits per heavy atom. The molecule has 0 spiro atoms. The topological polar surface area (TPSA) is 55.4 Å². The van der Waals surface area contributed by atoms with E-state index in [1.54, 1.807) is 6.92 Å². The number of carbonyl (C=O) groups excluding carboxylic acids is 2. The number of carbonyl (C=O) groups is 2. The fraction of sp³-hybridized carbons (Fsp3) is 0.333. The molecule has 1 aromatic heterocycles. The second-order valence-corrected chi connectivity index (χ2v) is 8.21. The Kier molecular flexibility index (Phi) is 6.88. The van der Waals surface area contributed by atoms with Crippen molar-refractivity contribution in [1.82, 2.24) is 0 Å². The number of esters is 1. The Hall–Kier alpha value is -2.32. The number of amides is 1. The summed E-state index contributed by atoms with van der Waals surface area (Å²) in [6, 6.07) is 3.39. The molecular formula is C21H19ClF3NO3S. The van der Waals surface area contributed by atoms with E-state index >= 15 is 0 Å². The summed E-state index contributed by atoms with van der Waals surface area (Å²) >= 11 is 6.95. The van der Waals surface area contributed by atoms with Crippen molar-refractivity contribution in [3.05, 3.63) is 56.4 Å². The monoisotopic (exact) mass is 457 g/mol. The van der Waals surface area contributed by atoms with E-state index < -0.39 is 28.6 Å². The van der Waals surface area contributed by atoms with E-state index in [4.69, 9.17) is 16.3 Å². The summed E-state index contributed by atoms with van der Waals surface area (Å²) < 4.78 is 44.1.